The molecular formula is C23H15ClF2O3. The predicted molar refractivity (Wildman–Crippen MR) is 106 cm³/mol. The number of allylic oxidation sites excluding steroid dienone is 1. The van der Waals surface area contributed by atoms with Crippen LogP contribution in [-0.4, -0.2) is 5.78 Å². The molecule has 0 amide bonds. The van der Waals surface area contributed by atoms with E-state index in [1.54, 1.807) is 37.3 Å². The van der Waals surface area contributed by atoms with E-state index in [0.29, 0.717) is 33.2 Å². The molecule has 1 aliphatic heterocycles. The highest BCUT2D eigenvalue weighted by atomic mass is 35.5. The zero-order valence-electron chi connectivity index (χ0n) is 15.3. The first-order valence-electron chi connectivity index (χ1n) is 8.83. The Kier molecular flexibility index (Phi) is 5.07. The van der Waals surface area contributed by atoms with Gasteiger partial charge in [-0.1, -0.05) is 35.9 Å². The van der Waals surface area contributed by atoms with Gasteiger partial charge in [0.05, 0.1) is 11.1 Å². The number of Topliss-reactive ketones (excluding diaryl/α,β-unsaturated/α-hetero) is 1. The van der Waals surface area contributed by atoms with Gasteiger partial charge in [0.1, 0.15) is 29.7 Å². The van der Waals surface area contributed by atoms with Crippen LogP contribution in [0.4, 0.5) is 8.78 Å². The largest absolute Gasteiger partial charge is 0.489 e. The molecule has 0 bridgehead atoms. The van der Waals surface area contributed by atoms with Crippen LogP contribution in [0.5, 0.6) is 11.5 Å². The summed E-state index contributed by atoms with van der Waals surface area (Å²) in [6.45, 7) is 1.46. The van der Waals surface area contributed by atoms with E-state index in [2.05, 4.69) is 0 Å². The van der Waals surface area contributed by atoms with Crippen molar-refractivity contribution in [2.75, 3.05) is 0 Å². The fourth-order valence-electron chi connectivity index (χ4n) is 3.12. The molecule has 0 saturated heterocycles. The van der Waals surface area contributed by atoms with E-state index in [1.165, 1.54) is 24.3 Å². The third-order valence-electron chi connectivity index (χ3n) is 4.58. The van der Waals surface area contributed by atoms with Crippen molar-refractivity contribution < 1.29 is 23.0 Å². The van der Waals surface area contributed by atoms with Crippen molar-refractivity contribution in [3.8, 4) is 11.5 Å². The summed E-state index contributed by atoms with van der Waals surface area (Å²) in [7, 11) is 0. The van der Waals surface area contributed by atoms with Gasteiger partial charge in [-0.05, 0) is 48.4 Å². The van der Waals surface area contributed by atoms with Crippen LogP contribution in [0, 0.1) is 18.6 Å². The fourth-order valence-corrected chi connectivity index (χ4v) is 3.31. The van der Waals surface area contributed by atoms with Crippen molar-refractivity contribution in [3.63, 3.8) is 0 Å². The molecule has 0 atom stereocenters. The maximum Gasteiger partial charge on any atom is 0.232 e. The molecule has 3 aromatic carbocycles. The highest BCUT2D eigenvalue weighted by Crippen LogP contribution is 2.38. The molecule has 0 saturated carbocycles. The molecule has 0 unspecified atom stereocenters. The maximum absolute atomic E-state index is 13.8. The summed E-state index contributed by atoms with van der Waals surface area (Å²) in [5.41, 5.74) is 1.56. The first-order valence-corrected chi connectivity index (χ1v) is 9.21. The normalized spacial score (nSPS) is 14.1. The van der Waals surface area contributed by atoms with Gasteiger partial charge in [-0.3, -0.25) is 4.79 Å². The van der Waals surface area contributed by atoms with Gasteiger partial charge in [-0.25, -0.2) is 8.78 Å². The molecule has 1 aliphatic rings. The summed E-state index contributed by atoms with van der Waals surface area (Å²) in [6.07, 6.45) is 1.58. The lowest BCUT2D eigenvalue weighted by Gasteiger charge is -2.10. The molecule has 3 aromatic rings. The number of halogens is 3. The van der Waals surface area contributed by atoms with E-state index in [1.807, 2.05) is 6.07 Å². The number of rotatable bonds is 4. The van der Waals surface area contributed by atoms with Gasteiger partial charge >= 0.3 is 0 Å². The molecule has 3 nitrogen and oxygen atoms in total. The van der Waals surface area contributed by atoms with Gasteiger partial charge < -0.3 is 9.47 Å². The smallest absolute Gasteiger partial charge is 0.232 e. The molecule has 29 heavy (non-hydrogen) atoms. The zero-order valence-corrected chi connectivity index (χ0v) is 16.1. The number of hydrogen-bond donors (Lipinski definition) is 0. The number of fused-ring (bicyclic) bond motifs is 1. The minimum absolute atomic E-state index is 0.147. The molecular weight excluding hydrogens is 398 g/mol. The van der Waals surface area contributed by atoms with E-state index in [0.717, 1.165) is 0 Å². The van der Waals surface area contributed by atoms with Gasteiger partial charge in [0, 0.05) is 11.1 Å². The number of benzene rings is 3. The van der Waals surface area contributed by atoms with Gasteiger partial charge in [-0.15, -0.1) is 0 Å². The zero-order chi connectivity index (χ0) is 20.5. The van der Waals surface area contributed by atoms with E-state index >= 15 is 0 Å². The van der Waals surface area contributed by atoms with Crippen molar-refractivity contribution in [2.24, 2.45) is 0 Å². The quantitative estimate of drug-likeness (QED) is 0.484. The lowest BCUT2D eigenvalue weighted by atomic mass is 10.0. The lowest BCUT2D eigenvalue weighted by molar-refractivity contribution is 0.101. The van der Waals surface area contributed by atoms with Crippen LogP contribution in [0.2, 0.25) is 5.02 Å². The third kappa shape index (κ3) is 3.74. The summed E-state index contributed by atoms with van der Waals surface area (Å²) >= 11 is 6.15. The van der Waals surface area contributed by atoms with Crippen LogP contribution in [0.15, 0.2) is 60.4 Å². The Labute approximate surface area is 171 Å². The molecule has 6 heteroatoms. The monoisotopic (exact) mass is 412 g/mol. The van der Waals surface area contributed by atoms with E-state index in [-0.39, 0.29) is 23.7 Å². The highest BCUT2D eigenvalue weighted by molar-refractivity contribution is 6.32. The Bertz CT molecular complexity index is 1130. The minimum atomic E-state index is -0.681. The van der Waals surface area contributed by atoms with Crippen LogP contribution < -0.4 is 9.47 Å². The van der Waals surface area contributed by atoms with Crippen LogP contribution in [0.1, 0.15) is 27.0 Å². The van der Waals surface area contributed by atoms with E-state index in [4.69, 9.17) is 21.1 Å². The van der Waals surface area contributed by atoms with Crippen LogP contribution >= 0.6 is 11.6 Å². The summed E-state index contributed by atoms with van der Waals surface area (Å²) in [5.74, 6) is -0.802. The number of carbonyl (C=O) groups excluding carboxylic acids is 1. The van der Waals surface area contributed by atoms with Crippen molar-refractivity contribution in [2.45, 2.75) is 13.5 Å². The second-order valence-corrected chi connectivity index (χ2v) is 6.97. The number of carbonyl (C=O) groups is 1. The summed E-state index contributed by atoms with van der Waals surface area (Å²) in [4.78, 5) is 12.7. The Morgan fingerprint density at radius 2 is 1.79 bits per heavy atom. The molecule has 0 N–H and O–H groups in total. The topological polar surface area (TPSA) is 35.5 Å². The van der Waals surface area contributed by atoms with Gasteiger partial charge in [-0.2, -0.15) is 0 Å². The van der Waals surface area contributed by atoms with Gasteiger partial charge in [0.25, 0.3) is 0 Å². The van der Waals surface area contributed by atoms with E-state index in [9.17, 15) is 13.6 Å². The molecule has 0 aromatic heterocycles. The number of hydrogen-bond acceptors (Lipinski definition) is 3. The van der Waals surface area contributed by atoms with Gasteiger partial charge in [0.2, 0.25) is 5.78 Å². The Hall–Kier alpha value is -3.18. The first kappa shape index (κ1) is 19.2. The Morgan fingerprint density at radius 3 is 2.52 bits per heavy atom. The highest BCUT2D eigenvalue weighted by Gasteiger charge is 2.30. The molecule has 1 heterocycles. The van der Waals surface area contributed by atoms with E-state index < -0.39 is 11.6 Å². The number of ketones is 1. The second-order valence-electron chi connectivity index (χ2n) is 6.56. The average Bonchev–Trinajstić information content (AvgIpc) is 2.99. The Morgan fingerprint density at radius 1 is 1.07 bits per heavy atom. The van der Waals surface area contributed by atoms with Crippen LogP contribution in [0.25, 0.3) is 6.08 Å². The summed E-state index contributed by atoms with van der Waals surface area (Å²) < 4.78 is 38.9. The van der Waals surface area contributed by atoms with Gasteiger partial charge in [0.15, 0.2) is 5.76 Å². The Balaban J connectivity index is 1.60. The fraction of sp³-hybridized carbons (Fsp3) is 0.0870. The minimum Gasteiger partial charge on any atom is -0.489 e. The molecule has 0 aliphatic carbocycles. The molecule has 146 valence electrons. The first-order chi connectivity index (χ1) is 13.9. The summed E-state index contributed by atoms with van der Waals surface area (Å²) in [6, 6.07) is 13.9. The maximum atomic E-state index is 13.8. The van der Waals surface area contributed by atoms with Crippen molar-refractivity contribution in [3.05, 3.63) is 99.3 Å². The third-order valence-corrected chi connectivity index (χ3v) is 4.92. The SMILES string of the molecule is Cc1cc(OCc2c(F)cccc2F)cc2c1C(=O)/C(=C/c1ccccc1Cl)O2. The second kappa shape index (κ2) is 7.68. The predicted octanol–water partition coefficient (Wildman–Crippen LogP) is 6.12. The lowest BCUT2D eigenvalue weighted by Crippen LogP contribution is -2.02. The van der Waals surface area contributed by atoms with Crippen molar-refractivity contribution >= 4 is 23.5 Å². The van der Waals surface area contributed by atoms with Crippen molar-refractivity contribution in [1.29, 1.82) is 0 Å². The molecule has 0 spiro atoms. The molecule has 4 rings (SSSR count). The van der Waals surface area contributed by atoms with Crippen LogP contribution in [0.3, 0.4) is 0 Å². The molecule has 0 radical (unpaired) electrons. The number of aryl methyl sites for hydroxylation is 1. The average molecular weight is 413 g/mol. The standard InChI is InChI=1S/C23H15ClF2O3/c1-13-9-15(28-12-16-18(25)7-4-8-19(16)26)11-20-22(13)23(27)21(29-20)10-14-5-2-3-6-17(14)24/h2-11H,12H2,1H3/b21-10-. The van der Waals surface area contributed by atoms with Crippen LogP contribution in [-0.2, 0) is 6.61 Å². The number of ether oxygens (including phenoxy) is 2. The van der Waals surface area contributed by atoms with Crippen molar-refractivity contribution in [1.82, 2.24) is 0 Å². The summed E-state index contributed by atoms with van der Waals surface area (Å²) in [5, 5.41) is 0.500. The molecule has 0 fully saturated rings.